The van der Waals surface area contributed by atoms with Crippen LogP contribution in [0.4, 0.5) is 0 Å². The van der Waals surface area contributed by atoms with E-state index in [1.807, 2.05) is 18.2 Å². The van der Waals surface area contributed by atoms with Gasteiger partial charge in [0.25, 0.3) is 5.91 Å². The van der Waals surface area contributed by atoms with E-state index in [1.165, 1.54) is 5.01 Å². The fourth-order valence-corrected chi connectivity index (χ4v) is 3.86. The third-order valence-corrected chi connectivity index (χ3v) is 5.49. The molecule has 1 fully saturated rings. The Morgan fingerprint density at radius 2 is 1.93 bits per heavy atom. The van der Waals surface area contributed by atoms with Crippen molar-refractivity contribution in [2.24, 2.45) is 11.0 Å². The monoisotopic (exact) mass is 400 g/mol. The van der Waals surface area contributed by atoms with Gasteiger partial charge in [0, 0.05) is 11.4 Å². The quantitative estimate of drug-likeness (QED) is 0.699. The fourth-order valence-electron chi connectivity index (χ4n) is 3.74. The molecule has 1 saturated carbocycles. The van der Waals surface area contributed by atoms with Gasteiger partial charge in [-0.3, -0.25) is 9.59 Å². The Labute approximate surface area is 168 Å². The van der Waals surface area contributed by atoms with Crippen molar-refractivity contribution in [2.45, 2.75) is 38.1 Å². The number of nitrogens with zero attached hydrogens (tertiary/aromatic N) is 2. The fraction of sp³-hybridized carbons (Fsp3) is 0.381. The normalized spacial score (nSPS) is 19.7. The molecule has 28 heavy (non-hydrogen) atoms. The summed E-state index contributed by atoms with van der Waals surface area (Å²) < 4.78 is 10.8. The van der Waals surface area contributed by atoms with E-state index in [2.05, 4.69) is 5.10 Å². The van der Waals surface area contributed by atoms with Crippen LogP contribution in [0, 0.1) is 5.92 Å². The maximum Gasteiger partial charge on any atom is 0.309 e. The molecule has 2 aromatic rings. The van der Waals surface area contributed by atoms with Crippen LogP contribution in [0.5, 0.6) is 0 Å². The molecule has 1 aromatic heterocycles. The maximum absolute atomic E-state index is 12.8. The lowest BCUT2D eigenvalue weighted by atomic mass is 10.0. The Morgan fingerprint density at radius 3 is 2.61 bits per heavy atom. The van der Waals surface area contributed by atoms with Crippen molar-refractivity contribution in [1.82, 2.24) is 5.01 Å². The minimum atomic E-state index is -0.364. The average molecular weight is 401 g/mol. The SMILES string of the molecule is O=C(OCC(=O)N1N=C(c2ccc(Cl)cc2)CC1c1ccco1)C1CCCC1. The lowest BCUT2D eigenvalue weighted by Gasteiger charge is -2.20. The van der Waals surface area contributed by atoms with Crippen LogP contribution in [0.3, 0.4) is 0 Å². The Bertz CT molecular complexity index is 870. The maximum atomic E-state index is 12.8. The van der Waals surface area contributed by atoms with Gasteiger partial charge >= 0.3 is 5.97 Å². The molecule has 1 aromatic carbocycles. The first-order chi connectivity index (χ1) is 13.6. The molecular weight excluding hydrogens is 380 g/mol. The molecule has 1 amide bonds. The standard InChI is InChI=1S/C21H21ClN2O4/c22-16-9-7-14(8-10-16)17-12-18(19-6-3-11-27-19)24(23-17)20(25)13-28-21(26)15-4-1-2-5-15/h3,6-11,15,18H,1-2,4-5,12-13H2. The zero-order chi connectivity index (χ0) is 19.5. The smallest absolute Gasteiger partial charge is 0.309 e. The van der Waals surface area contributed by atoms with Crippen LogP contribution >= 0.6 is 11.6 Å². The van der Waals surface area contributed by atoms with Gasteiger partial charge in [0.1, 0.15) is 11.8 Å². The molecule has 146 valence electrons. The first-order valence-corrected chi connectivity index (χ1v) is 9.85. The molecule has 0 radical (unpaired) electrons. The van der Waals surface area contributed by atoms with Crippen LogP contribution in [-0.4, -0.2) is 29.2 Å². The highest BCUT2D eigenvalue weighted by Crippen LogP contribution is 2.33. The van der Waals surface area contributed by atoms with Crippen LogP contribution in [0.1, 0.15) is 49.5 Å². The summed E-state index contributed by atoms with van der Waals surface area (Å²) in [6, 6.07) is 10.5. The van der Waals surface area contributed by atoms with Crippen molar-refractivity contribution >= 4 is 29.2 Å². The molecule has 0 saturated heterocycles. The molecule has 0 N–H and O–H groups in total. The first-order valence-electron chi connectivity index (χ1n) is 9.47. The van der Waals surface area contributed by atoms with Gasteiger partial charge in [0.15, 0.2) is 6.61 Å². The largest absolute Gasteiger partial charge is 0.467 e. The second-order valence-electron chi connectivity index (χ2n) is 7.12. The van der Waals surface area contributed by atoms with Gasteiger partial charge in [-0.15, -0.1) is 0 Å². The average Bonchev–Trinajstić information content (AvgIpc) is 3.47. The van der Waals surface area contributed by atoms with Gasteiger partial charge in [0.05, 0.1) is 17.9 Å². The molecule has 6 nitrogen and oxygen atoms in total. The van der Waals surface area contributed by atoms with E-state index in [0.29, 0.717) is 17.2 Å². The molecule has 7 heteroatoms. The number of benzene rings is 1. The number of hydrazone groups is 1. The van der Waals surface area contributed by atoms with Gasteiger partial charge in [-0.1, -0.05) is 36.6 Å². The third-order valence-electron chi connectivity index (χ3n) is 5.24. The van der Waals surface area contributed by atoms with Crippen LogP contribution in [-0.2, 0) is 14.3 Å². The van der Waals surface area contributed by atoms with E-state index in [9.17, 15) is 9.59 Å². The minimum Gasteiger partial charge on any atom is -0.467 e. The van der Waals surface area contributed by atoms with Gasteiger partial charge in [-0.05, 0) is 42.7 Å². The highest BCUT2D eigenvalue weighted by Gasteiger charge is 2.35. The minimum absolute atomic E-state index is 0.0830. The number of carbonyl (C=O) groups excluding carboxylic acids is 2. The molecule has 0 bridgehead atoms. The van der Waals surface area contributed by atoms with Crippen molar-refractivity contribution in [2.75, 3.05) is 6.61 Å². The summed E-state index contributed by atoms with van der Waals surface area (Å²) in [7, 11) is 0. The summed E-state index contributed by atoms with van der Waals surface area (Å²) in [5.41, 5.74) is 1.65. The second-order valence-corrected chi connectivity index (χ2v) is 7.55. The van der Waals surface area contributed by atoms with Crippen molar-refractivity contribution in [1.29, 1.82) is 0 Å². The summed E-state index contributed by atoms with van der Waals surface area (Å²) in [6.45, 7) is -0.316. The van der Waals surface area contributed by atoms with Gasteiger partial charge in [0.2, 0.25) is 0 Å². The molecule has 2 aliphatic rings. The Balaban J connectivity index is 1.49. The number of amides is 1. The third kappa shape index (κ3) is 3.97. The van der Waals surface area contributed by atoms with Gasteiger partial charge < -0.3 is 9.15 Å². The summed E-state index contributed by atoms with van der Waals surface area (Å²) in [6.07, 6.45) is 5.83. The number of hydrogen-bond donors (Lipinski definition) is 0. The number of halogens is 1. The number of carbonyl (C=O) groups is 2. The predicted molar refractivity (Wildman–Crippen MR) is 104 cm³/mol. The molecule has 0 spiro atoms. The van der Waals surface area contributed by atoms with Crippen molar-refractivity contribution in [3.63, 3.8) is 0 Å². The summed E-state index contributed by atoms with van der Waals surface area (Å²) in [5.74, 6) is -0.0956. The molecule has 1 aliphatic heterocycles. The lowest BCUT2D eigenvalue weighted by Crippen LogP contribution is -2.32. The van der Waals surface area contributed by atoms with E-state index in [0.717, 1.165) is 37.0 Å². The van der Waals surface area contributed by atoms with Crippen molar-refractivity contribution < 1.29 is 18.7 Å². The Kier molecular flexibility index (Phi) is 5.48. The van der Waals surface area contributed by atoms with E-state index in [-0.39, 0.29) is 30.4 Å². The molecule has 1 atom stereocenters. The van der Waals surface area contributed by atoms with E-state index < -0.39 is 0 Å². The number of ether oxygens (including phenoxy) is 1. The van der Waals surface area contributed by atoms with E-state index in [4.69, 9.17) is 20.8 Å². The Morgan fingerprint density at radius 1 is 1.18 bits per heavy atom. The Hall–Kier alpha value is -2.60. The van der Waals surface area contributed by atoms with Gasteiger partial charge in [-0.2, -0.15) is 5.10 Å². The number of rotatable bonds is 5. The number of hydrogen-bond acceptors (Lipinski definition) is 5. The van der Waals surface area contributed by atoms with Crippen LogP contribution < -0.4 is 0 Å². The van der Waals surface area contributed by atoms with Crippen LogP contribution in [0.15, 0.2) is 52.2 Å². The molecular formula is C21H21ClN2O4. The zero-order valence-corrected chi connectivity index (χ0v) is 16.1. The topological polar surface area (TPSA) is 72.1 Å². The zero-order valence-electron chi connectivity index (χ0n) is 15.3. The van der Waals surface area contributed by atoms with Crippen molar-refractivity contribution in [3.05, 3.63) is 59.0 Å². The number of furan rings is 1. The first kappa shape index (κ1) is 18.7. The summed E-state index contributed by atoms with van der Waals surface area (Å²) >= 11 is 5.96. The summed E-state index contributed by atoms with van der Waals surface area (Å²) in [4.78, 5) is 24.9. The number of esters is 1. The second kappa shape index (κ2) is 8.19. The molecule has 2 heterocycles. The van der Waals surface area contributed by atoms with E-state index >= 15 is 0 Å². The van der Waals surface area contributed by atoms with Crippen LogP contribution in [0.25, 0.3) is 0 Å². The van der Waals surface area contributed by atoms with E-state index in [1.54, 1.807) is 24.5 Å². The van der Waals surface area contributed by atoms with Crippen molar-refractivity contribution in [3.8, 4) is 0 Å². The predicted octanol–water partition coefficient (Wildman–Crippen LogP) is 4.34. The highest BCUT2D eigenvalue weighted by molar-refractivity contribution is 6.30. The molecule has 1 aliphatic carbocycles. The summed E-state index contributed by atoms with van der Waals surface area (Å²) in [5, 5.41) is 6.51. The lowest BCUT2D eigenvalue weighted by molar-refractivity contribution is -0.156. The van der Waals surface area contributed by atoms with Crippen LogP contribution in [0.2, 0.25) is 5.02 Å². The molecule has 1 unspecified atom stereocenters. The molecule has 4 rings (SSSR count). The van der Waals surface area contributed by atoms with Gasteiger partial charge in [-0.25, -0.2) is 5.01 Å². The highest BCUT2D eigenvalue weighted by atomic mass is 35.5.